The first-order valence-electron chi connectivity index (χ1n) is 10.4. The summed E-state index contributed by atoms with van der Waals surface area (Å²) in [6.07, 6.45) is 3.95. The second-order valence-electron chi connectivity index (χ2n) is 8.23. The summed E-state index contributed by atoms with van der Waals surface area (Å²) in [5, 5.41) is 0. The molecule has 1 unspecified atom stereocenters. The monoisotopic (exact) mass is 395 g/mol. The maximum Gasteiger partial charge on any atom is 0.243 e. The number of ether oxygens (including phenoxy) is 1. The lowest BCUT2D eigenvalue weighted by atomic mass is 9.99. The summed E-state index contributed by atoms with van der Waals surface area (Å²) in [4.78, 5) is 29.8. The van der Waals surface area contributed by atoms with E-state index in [-0.39, 0.29) is 36.4 Å². The van der Waals surface area contributed by atoms with Gasteiger partial charge in [-0.15, -0.1) is 0 Å². The predicted octanol–water partition coefficient (Wildman–Crippen LogP) is 3.08. The molecule has 1 saturated carbocycles. The number of rotatable bonds is 6. The zero-order chi connectivity index (χ0) is 20.5. The first-order chi connectivity index (χ1) is 14.0. The van der Waals surface area contributed by atoms with Crippen molar-refractivity contribution in [2.45, 2.75) is 45.3 Å². The van der Waals surface area contributed by atoms with Crippen molar-refractivity contribution in [1.29, 1.82) is 0 Å². The third-order valence-corrected chi connectivity index (χ3v) is 5.91. The van der Waals surface area contributed by atoms with Gasteiger partial charge in [0.25, 0.3) is 0 Å². The van der Waals surface area contributed by atoms with Crippen molar-refractivity contribution in [3.63, 3.8) is 0 Å². The van der Waals surface area contributed by atoms with E-state index in [0.29, 0.717) is 6.54 Å². The number of benzene rings is 1. The van der Waals surface area contributed by atoms with Gasteiger partial charge in [-0.1, -0.05) is 12.1 Å². The van der Waals surface area contributed by atoms with Crippen molar-refractivity contribution in [3.05, 3.63) is 53.9 Å². The molecule has 4 rings (SSSR count). The van der Waals surface area contributed by atoms with Crippen molar-refractivity contribution in [3.8, 4) is 5.75 Å². The molecule has 1 aliphatic heterocycles. The molecule has 1 atom stereocenters. The fraction of sp³-hybridized carbons (Fsp3) is 0.478. The number of hydrogen-bond acceptors (Lipinski definition) is 3. The molecular weight excluding hydrogens is 366 g/mol. The number of amides is 2. The average molecular weight is 396 g/mol. The van der Waals surface area contributed by atoms with Crippen molar-refractivity contribution >= 4 is 11.8 Å². The minimum atomic E-state index is -0.189. The van der Waals surface area contributed by atoms with Crippen LogP contribution >= 0.6 is 0 Å². The summed E-state index contributed by atoms with van der Waals surface area (Å²) in [7, 11) is 1.65. The summed E-state index contributed by atoms with van der Waals surface area (Å²) in [6.45, 7) is 5.47. The van der Waals surface area contributed by atoms with Gasteiger partial charge >= 0.3 is 0 Å². The number of methoxy groups -OCH3 is 1. The lowest BCUT2D eigenvalue weighted by Crippen LogP contribution is -2.49. The predicted molar refractivity (Wildman–Crippen MR) is 111 cm³/mol. The molecule has 0 bridgehead atoms. The average Bonchev–Trinajstić information content (AvgIpc) is 3.47. The summed E-state index contributed by atoms with van der Waals surface area (Å²) >= 11 is 0. The fourth-order valence-corrected chi connectivity index (χ4v) is 4.13. The molecule has 2 amide bonds. The van der Waals surface area contributed by atoms with Crippen molar-refractivity contribution in [1.82, 2.24) is 14.4 Å². The largest absolute Gasteiger partial charge is 0.497 e. The Hall–Kier alpha value is -2.76. The van der Waals surface area contributed by atoms with Crippen LogP contribution in [0.25, 0.3) is 0 Å². The summed E-state index contributed by atoms with van der Waals surface area (Å²) in [6, 6.07) is 11.8. The highest BCUT2D eigenvalue weighted by Gasteiger charge is 2.38. The second-order valence-corrected chi connectivity index (χ2v) is 8.23. The quantitative estimate of drug-likeness (QED) is 0.755. The molecule has 154 valence electrons. The van der Waals surface area contributed by atoms with Gasteiger partial charge in [-0.3, -0.25) is 9.59 Å². The van der Waals surface area contributed by atoms with Crippen LogP contribution in [0.2, 0.25) is 0 Å². The SMILES string of the molecule is COc1cccc(C2c3cccn3CCN2C(=O)CN(C(=O)C2CC2)C(C)C)c1. The maximum atomic E-state index is 13.4. The zero-order valence-electron chi connectivity index (χ0n) is 17.4. The van der Waals surface area contributed by atoms with Crippen molar-refractivity contribution < 1.29 is 14.3 Å². The first-order valence-corrected chi connectivity index (χ1v) is 10.4. The van der Waals surface area contributed by atoms with Crippen LogP contribution in [0.4, 0.5) is 0 Å². The molecule has 6 nitrogen and oxygen atoms in total. The van der Waals surface area contributed by atoms with E-state index in [4.69, 9.17) is 4.74 Å². The number of aromatic nitrogens is 1. The maximum absolute atomic E-state index is 13.4. The second kappa shape index (κ2) is 7.93. The molecule has 1 aromatic heterocycles. The van der Waals surface area contributed by atoms with Crippen LogP contribution in [0.1, 0.15) is 44.0 Å². The van der Waals surface area contributed by atoms with Gasteiger partial charge in [0.1, 0.15) is 12.3 Å². The topological polar surface area (TPSA) is 54.8 Å². The Morgan fingerprint density at radius 3 is 2.66 bits per heavy atom. The van der Waals surface area contributed by atoms with E-state index in [1.807, 2.05) is 49.1 Å². The molecule has 2 aliphatic rings. The zero-order valence-corrected chi connectivity index (χ0v) is 17.4. The highest BCUT2D eigenvalue weighted by atomic mass is 16.5. The van der Waals surface area contributed by atoms with Gasteiger partial charge in [-0.2, -0.15) is 0 Å². The van der Waals surface area contributed by atoms with Crippen LogP contribution in [0, 0.1) is 5.92 Å². The van der Waals surface area contributed by atoms with Gasteiger partial charge in [-0.05, 0) is 56.5 Å². The number of hydrogen-bond donors (Lipinski definition) is 0. The summed E-state index contributed by atoms with van der Waals surface area (Å²) in [5.74, 6) is 0.990. The van der Waals surface area contributed by atoms with Crippen LogP contribution < -0.4 is 4.74 Å². The van der Waals surface area contributed by atoms with E-state index in [1.165, 1.54) is 0 Å². The van der Waals surface area contributed by atoms with Gasteiger partial charge in [0.05, 0.1) is 13.2 Å². The molecule has 1 fully saturated rings. The highest BCUT2D eigenvalue weighted by molar-refractivity contribution is 5.87. The normalized spacial score (nSPS) is 18.5. The molecule has 6 heteroatoms. The Morgan fingerprint density at radius 1 is 1.17 bits per heavy atom. The van der Waals surface area contributed by atoms with Crippen molar-refractivity contribution in [2.75, 3.05) is 20.2 Å². The van der Waals surface area contributed by atoms with Gasteiger partial charge in [-0.25, -0.2) is 0 Å². The van der Waals surface area contributed by atoms with Crippen LogP contribution in [0.15, 0.2) is 42.6 Å². The Kier molecular flexibility index (Phi) is 5.35. The molecule has 0 spiro atoms. The highest BCUT2D eigenvalue weighted by Crippen LogP contribution is 2.35. The van der Waals surface area contributed by atoms with Gasteiger partial charge in [0.15, 0.2) is 0 Å². The molecule has 29 heavy (non-hydrogen) atoms. The summed E-state index contributed by atoms with van der Waals surface area (Å²) < 4.78 is 7.61. The molecule has 1 aromatic carbocycles. The number of nitrogens with zero attached hydrogens (tertiary/aromatic N) is 3. The minimum Gasteiger partial charge on any atom is -0.497 e. The van der Waals surface area contributed by atoms with E-state index in [2.05, 4.69) is 16.8 Å². The Balaban J connectivity index is 1.63. The molecule has 1 aliphatic carbocycles. The van der Waals surface area contributed by atoms with E-state index < -0.39 is 0 Å². The third-order valence-electron chi connectivity index (χ3n) is 5.91. The van der Waals surface area contributed by atoms with Gasteiger partial charge < -0.3 is 19.1 Å². The number of fused-ring (bicyclic) bond motifs is 1. The van der Waals surface area contributed by atoms with E-state index in [0.717, 1.165) is 36.4 Å². The van der Waals surface area contributed by atoms with Gasteiger partial charge in [0, 0.05) is 36.9 Å². The Bertz CT molecular complexity index is 900. The lowest BCUT2D eigenvalue weighted by molar-refractivity contribution is -0.144. The van der Waals surface area contributed by atoms with Gasteiger partial charge in [0.2, 0.25) is 11.8 Å². The van der Waals surface area contributed by atoms with Crippen LogP contribution in [0.5, 0.6) is 5.75 Å². The van der Waals surface area contributed by atoms with E-state index in [1.54, 1.807) is 12.0 Å². The van der Waals surface area contributed by atoms with Crippen molar-refractivity contribution in [2.24, 2.45) is 5.92 Å². The van der Waals surface area contributed by atoms with Crippen LogP contribution in [-0.2, 0) is 16.1 Å². The van der Waals surface area contributed by atoms with E-state index in [9.17, 15) is 9.59 Å². The molecular formula is C23H29N3O3. The standard InChI is InChI=1S/C23H29N3O3/c1-16(2)26(23(28)17-9-10-17)15-21(27)25-13-12-24-11-5-8-20(24)22(25)18-6-4-7-19(14-18)29-3/h4-8,11,14,16-17,22H,9-10,12-13,15H2,1-3H3. The summed E-state index contributed by atoms with van der Waals surface area (Å²) in [5.41, 5.74) is 2.10. The first kappa shape index (κ1) is 19.6. The molecule has 0 N–H and O–H groups in total. The Morgan fingerprint density at radius 2 is 1.97 bits per heavy atom. The smallest absolute Gasteiger partial charge is 0.243 e. The van der Waals surface area contributed by atoms with Crippen LogP contribution in [-0.4, -0.2) is 52.4 Å². The van der Waals surface area contributed by atoms with E-state index >= 15 is 0 Å². The molecule has 2 heterocycles. The lowest BCUT2D eigenvalue weighted by Gasteiger charge is -2.39. The molecule has 2 aromatic rings. The molecule has 0 radical (unpaired) electrons. The minimum absolute atomic E-state index is 0.00651. The van der Waals surface area contributed by atoms with Crippen LogP contribution in [0.3, 0.4) is 0 Å². The third kappa shape index (κ3) is 3.88. The number of carbonyl (C=O) groups is 2. The molecule has 0 saturated heterocycles. The Labute approximate surface area is 172 Å². The fourth-order valence-electron chi connectivity index (χ4n) is 4.13. The number of carbonyl (C=O) groups excluding carboxylic acids is 2.